The minimum atomic E-state index is -0.183. The van der Waals surface area contributed by atoms with Gasteiger partial charge in [0.15, 0.2) is 0 Å². The second-order valence-corrected chi connectivity index (χ2v) is 9.13. The monoisotopic (exact) mass is 423 g/mol. The number of aromatic amines is 1. The van der Waals surface area contributed by atoms with Gasteiger partial charge in [0.05, 0.1) is 5.56 Å². The van der Waals surface area contributed by atoms with E-state index >= 15 is 0 Å². The van der Waals surface area contributed by atoms with Crippen LogP contribution in [0.4, 0.5) is 0 Å². The zero-order valence-corrected chi connectivity index (χ0v) is 18.4. The van der Waals surface area contributed by atoms with Crippen molar-refractivity contribution in [2.75, 3.05) is 39.8 Å². The number of piperidine rings is 1. The number of nitrogens with zero attached hydrogens (tertiary/aromatic N) is 2. The number of amides is 1. The molecule has 1 aromatic carbocycles. The fraction of sp³-hybridized carbons (Fsp3) is 0.520. The number of likely N-dealkylation sites (N-methyl/N-ethyl adjacent to an activating group) is 1. The molecule has 2 aliphatic heterocycles. The van der Waals surface area contributed by atoms with Crippen LogP contribution >= 0.6 is 0 Å². The molecule has 31 heavy (non-hydrogen) atoms. The molecule has 6 nitrogen and oxygen atoms in total. The summed E-state index contributed by atoms with van der Waals surface area (Å²) in [5.74, 6) is 1.04. The number of H-pyrrole nitrogens is 1. The first-order valence-corrected chi connectivity index (χ1v) is 11.4. The first kappa shape index (κ1) is 21.6. The van der Waals surface area contributed by atoms with E-state index in [-0.39, 0.29) is 16.9 Å². The number of carbonyl (C=O) groups is 1. The Hall–Kier alpha value is -2.60. The van der Waals surface area contributed by atoms with Gasteiger partial charge in [-0.2, -0.15) is 0 Å². The number of carbonyl (C=O) groups excluding carboxylic acids is 1. The molecule has 1 amide bonds. The van der Waals surface area contributed by atoms with Crippen LogP contribution in [0.2, 0.25) is 0 Å². The maximum atomic E-state index is 12.8. The van der Waals surface area contributed by atoms with Gasteiger partial charge in [-0.05, 0) is 62.3 Å². The second kappa shape index (κ2) is 9.69. The fourth-order valence-electron chi connectivity index (χ4n) is 5.03. The van der Waals surface area contributed by atoms with Crippen molar-refractivity contribution in [1.82, 2.24) is 14.8 Å². The molecule has 0 radical (unpaired) electrons. The van der Waals surface area contributed by atoms with Gasteiger partial charge >= 0.3 is 0 Å². The zero-order chi connectivity index (χ0) is 21.7. The first-order valence-electron chi connectivity index (χ1n) is 11.4. The lowest BCUT2D eigenvalue weighted by molar-refractivity contribution is 0.0424. The average Bonchev–Trinajstić information content (AvgIpc) is 2.77. The molecular formula is C25H33N3O3. The Morgan fingerprint density at radius 1 is 1.03 bits per heavy atom. The number of pyridine rings is 1. The maximum absolute atomic E-state index is 12.8. The van der Waals surface area contributed by atoms with E-state index in [2.05, 4.69) is 35.1 Å². The Labute approximate surface area is 184 Å². The SMILES string of the molecule is CN1CCOc2ccccc2CCCCC2(CCN(C(=O)c3ccc(=O)[nH]c3)CC2)C1. The summed E-state index contributed by atoms with van der Waals surface area (Å²) in [6, 6.07) is 11.4. The first-order chi connectivity index (χ1) is 15.0. The summed E-state index contributed by atoms with van der Waals surface area (Å²) >= 11 is 0. The number of hydrogen-bond donors (Lipinski definition) is 1. The van der Waals surface area contributed by atoms with Gasteiger partial charge in [0.25, 0.3) is 5.91 Å². The summed E-state index contributed by atoms with van der Waals surface area (Å²) in [6.45, 7) is 4.17. The van der Waals surface area contributed by atoms with Crippen LogP contribution < -0.4 is 10.3 Å². The van der Waals surface area contributed by atoms with Crippen molar-refractivity contribution >= 4 is 5.91 Å². The lowest BCUT2D eigenvalue weighted by atomic mass is 9.73. The topological polar surface area (TPSA) is 65.6 Å². The van der Waals surface area contributed by atoms with E-state index in [1.165, 1.54) is 30.7 Å². The van der Waals surface area contributed by atoms with Gasteiger partial charge in [-0.15, -0.1) is 0 Å². The number of fused-ring (bicyclic) bond motifs is 1. The van der Waals surface area contributed by atoms with E-state index in [0.717, 1.165) is 57.6 Å². The number of rotatable bonds is 1. The molecule has 1 N–H and O–H groups in total. The molecule has 2 aliphatic rings. The number of aryl methyl sites for hydroxylation is 1. The third-order valence-electron chi connectivity index (χ3n) is 6.85. The Morgan fingerprint density at radius 3 is 2.61 bits per heavy atom. The van der Waals surface area contributed by atoms with Crippen LogP contribution in [0.5, 0.6) is 5.75 Å². The largest absolute Gasteiger partial charge is 0.492 e. The van der Waals surface area contributed by atoms with Gasteiger partial charge in [0.2, 0.25) is 5.56 Å². The quantitative estimate of drug-likeness (QED) is 0.764. The maximum Gasteiger partial charge on any atom is 0.255 e. The van der Waals surface area contributed by atoms with Crippen LogP contribution in [0.1, 0.15) is 48.0 Å². The van der Waals surface area contributed by atoms with Crippen LogP contribution in [0.25, 0.3) is 0 Å². The summed E-state index contributed by atoms with van der Waals surface area (Å²) in [7, 11) is 2.18. The number of aromatic nitrogens is 1. The minimum absolute atomic E-state index is 0.0117. The Balaban J connectivity index is 1.40. The van der Waals surface area contributed by atoms with E-state index in [0.29, 0.717) is 12.2 Å². The molecule has 1 saturated heterocycles. The minimum Gasteiger partial charge on any atom is -0.492 e. The predicted octanol–water partition coefficient (Wildman–Crippen LogP) is 3.33. The molecule has 1 aromatic heterocycles. The summed E-state index contributed by atoms with van der Waals surface area (Å²) in [5, 5.41) is 0. The molecule has 1 fully saturated rings. The highest BCUT2D eigenvalue weighted by atomic mass is 16.5. The highest BCUT2D eigenvalue weighted by Crippen LogP contribution is 2.38. The molecule has 166 valence electrons. The number of para-hydroxylation sites is 1. The fourth-order valence-corrected chi connectivity index (χ4v) is 5.03. The molecule has 0 aliphatic carbocycles. The molecule has 0 atom stereocenters. The molecule has 0 saturated carbocycles. The van der Waals surface area contributed by atoms with Gasteiger partial charge in [0, 0.05) is 38.4 Å². The van der Waals surface area contributed by atoms with E-state index in [1.807, 2.05) is 11.0 Å². The van der Waals surface area contributed by atoms with Crippen LogP contribution in [0.15, 0.2) is 47.4 Å². The highest BCUT2D eigenvalue weighted by Gasteiger charge is 2.36. The summed E-state index contributed by atoms with van der Waals surface area (Å²) in [4.78, 5) is 31.1. The molecule has 3 heterocycles. The average molecular weight is 424 g/mol. The zero-order valence-electron chi connectivity index (χ0n) is 18.4. The van der Waals surface area contributed by atoms with Crippen LogP contribution in [-0.2, 0) is 6.42 Å². The summed E-state index contributed by atoms with van der Waals surface area (Å²) in [6.07, 6.45) is 8.16. The van der Waals surface area contributed by atoms with Gasteiger partial charge in [-0.1, -0.05) is 24.6 Å². The Morgan fingerprint density at radius 2 is 1.84 bits per heavy atom. The van der Waals surface area contributed by atoms with Crippen molar-refractivity contribution in [2.24, 2.45) is 5.41 Å². The van der Waals surface area contributed by atoms with Crippen LogP contribution in [-0.4, -0.2) is 60.5 Å². The van der Waals surface area contributed by atoms with E-state index in [4.69, 9.17) is 4.74 Å². The smallest absolute Gasteiger partial charge is 0.255 e. The Bertz CT molecular complexity index is 927. The van der Waals surface area contributed by atoms with E-state index < -0.39 is 0 Å². The van der Waals surface area contributed by atoms with Crippen molar-refractivity contribution in [3.63, 3.8) is 0 Å². The second-order valence-electron chi connectivity index (χ2n) is 9.13. The molecule has 0 unspecified atom stereocenters. The highest BCUT2D eigenvalue weighted by molar-refractivity contribution is 5.93. The lowest BCUT2D eigenvalue weighted by Gasteiger charge is -2.44. The molecule has 0 bridgehead atoms. The summed E-state index contributed by atoms with van der Waals surface area (Å²) < 4.78 is 6.09. The molecule has 2 aromatic rings. The van der Waals surface area contributed by atoms with E-state index in [9.17, 15) is 9.59 Å². The third-order valence-corrected chi connectivity index (χ3v) is 6.85. The number of hydrogen-bond acceptors (Lipinski definition) is 4. The number of nitrogens with one attached hydrogen (secondary N) is 1. The summed E-state index contributed by atoms with van der Waals surface area (Å²) in [5.41, 5.74) is 1.93. The number of benzene rings is 1. The Kier molecular flexibility index (Phi) is 6.76. The van der Waals surface area contributed by atoms with E-state index in [1.54, 1.807) is 6.07 Å². The van der Waals surface area contributed by atoms with Crippen molar-refractivity contribution in [3.05, 3.63) is 64.1 Å². The van der Waals surface area contributed by atoms with Crippen molar-refractivity contribution in [1.29, 1.82) is 0 Å². The van der Waals surface area contributed by atoms with Gasteiger partial charge in [0.1, 0.15) is 12.4 Å². The normalized spacial score (nSPS) is 20.2. The molecule has 6 heteroatoms. The predicted molar refractivity (Wildman–Crippen MR) is 122 cm³/mol. The van der Waals surface area contributed by atoms with Crippen LogP contribution in [0, 0.1) is 5.41 Å². The lowest BCUT2D eigenvalue weighted by Crippen LogP contribution is -2.48. The third kappa shape index (κ3) is 5.37. The number of likely N-dealkylation sites (tertiary alicyclic amines) is 1. The molecule has 1 spiro atoms. The standard InChI is InChI=1S/C25H33N3O3/c1-27-16-17-31-22-8-3-2-6-20(22)7-4-5-11-25(19-27)12-14-28(15-13-25)24(30)21-9-10-23(29)26-18-21/h2-3,6,8-10,18H,4-5,7,11-17,19H2,1H3,(H,26,29). The number of ether oxygens (including phenoxy) is 1. The molecule has 4 rings (SSSR count). The van der Waals surface area contributed by atoms with Gasteiger partial charge < -0.3 is 19.5 Å². The van der Waals surface area contributed by atoms with Gasteiger partial charge in [-0.3, -0.25) is 9.59 Å². The van der Waals surface area contributed by atoms with Crippen molar-refractivity contribution < 1.29 is 9.53 Å². The van der Waals surface area contributed by atoms with Crippen LogP contribution in [0.3, 0.4) is 0 Å². The van der Waals surface area contributed by atoms with Crippen molar-refractivity contribution in [3.8, 4) is 5.75 Å². The van der Waals surface area contributed by atoms with Gasteiger partial charge in [-0.25, -0.2) is 0 Å². The molecular weight excluding hydrogens is 390 g/mol. The van der Waals surface area contributed by atoms with Crippen molar-refractivity contribution in [2.45, 2.75) is 38.5 Å².